The van der Waals surface area contributed by atoms with Crippen molar-refractivity contribution in [1.29, 1.82) is 0 Å². The van der Waals surface area contributed by atoms with Gasteiger partial charge in [0.2, 0.25) is 0 Å². The highest BCUT2D eigenvalue weighted by atomic mass is 35.5. The van der Waals surface area contributed by atoms with Gasteiger partial charge < -0.3 is 15.2 Å². The summed E-state index contributed by atoms with van der Waals surface area (Å²) in [5, 5.41) is 13.4. The number of anilines is 1. The maximum Gasteiger partial charge on any atom is 0.129 e. The van der Waals surface area contributed by atoms with Crippen LogP contribution in [0.3, 0.4) is 0 Å². The lowest BCUT2D eigenvalue weighted by molar-refractivity contribution is 0.406. The predicted octanol–water partition coefficient (Wildman–Crippen LogP) is 3.06. The summed E-state index contributed by atoms with van der Waals surface area (Å²) in [6.07, 6.45) is 1.64. The number of halogens is 1. The Labute approximate surface area is 110 Å². The molecule has 1 aromatic carbocycles. The van der Waals surface area contributed by atoms with Crippen LogP contribution in [-0.4, -0.2) is 17.2 Å². The molecule has 18 heavy (non-hydrogen) atoms. The average Bonchev–Trinajstić information content (AvgIpc) is 2.39. The van der Waals surface area contributed by atoms with Crippen LogP contribution < -0.4 is 10.1 Å². The van der Waals surface area contributed by atoms with E-state index in [1.54, 1.807) is 31.5 Å². The molecule has 0 aliphatic rings. The number of phenolic OH excluding ortho intramolecular Hbond substituents is 1. The van der Waals surface area contributed by atoms with E-state index in [9.17, 15) is 5.11 Å². The van der Waals surface area contributed by atoms with E-state index in [0.29, 0.717) is 17.4 Å². The smallest absolute Gasteiger partial charge is 0.129 e. The van der Waals surface area contributed by atoms with Crippen molar-refractivity contribution in [3.8, 4) is 11.5 Å². The molecule has 0 amide bonds. The number of rotatable bonds is 4. The minimum Gasteiger partial charge on any atom is -0.507 e. The highest BCUT2D eigenvalue weighted by molar-refractivity contribution is 6.29. The summed E-state index contributed by atoms with van der Waals surface area (Å²) >= 11 is 5.69. The number of nitrogens with one attached hydrogen (secondary N) is 1. The molecule has 2 aromatic rings. The average molecular weight is 265 g/mol. The van der Waals surface area contributed by atoms with Crippen molar-refractivity contribution in [1.82, 2.24) is 4.98 Å². The molecule has 0 bridgehead atoms. The van der Waals surface area contributed by atoms with Gasteiger partial charge in [-0.1, -0.05) is 11.6 Å². The third-order valence-corrected chi connectivity index (χ3v) is 2.73. The number of pyridine rings is 1. The molecule has 2 N–H and O–H groups in total. The maximum atomic E-state index is 9.79. The highest BCUT2D eigenvalue weighted by Crippen LogP contribution is 2.24. The quantitative estimate of drug-likeness (QED) is 0.834. The summed E-state index contributed by atoms with van der Waals surface area (Å²) in [5.74, 6) is 0.827. The van der Waals surface area contributed by atoms with Crippen LogP contribution in [0.4, 0.5) is 5.69 Å². The fourth-order valence-corrected chi connectivity index (χ4v) is 1.61. The Balaban J connectivity index is 2.04. The fraction of sp³-hybridized carbons (Fsp3) is 0.154. The lowest BCUT2D eigenvalue weighted by atomic mass is 10.2. The van der Waals surface area contributed by atoms with Gasteiger partial charge in [-0.25, -0.2) is 4.98 Å². The van der Waals surface area contributed by atoms with Crippen molar-refractivity contribution in [2.45, 2.75) is 6.54 Å². The van der Waals surface area contributed by atoms with Crippen LogP contribution in [-0.2, 0) is 6.54 Å². The van der Waals surface area contributed by atoms with Gasteiger partial charge in [-0.05, 0) is 24.3 Å². The van der Waals surface area contributed by atoms with E-state index in [1.165, 1.54) is 0 Å². The molecular weight excluding hydrogens is 252 g/mol. The maximum absolute atomic E-state index is 9.79. The SMILES string of the molecule is COc1ccc(CNc2ccc(Cl)nc2)c(O)c1. The number of hydrogen-bond donors (Lipinski definition) is 2. The second-order valence-corrected chi connectivity index (χ2v) is 4.11. The van der Waals surface area contributed by atoms with Crippen molar-refractivity contribution < 1.29 is 9.84 Å². The summed E-state index contributed by atoms with van der Waals surface area (Å²) in [4.78, 5) is 3.96. The largest absolute Gasteiger partial charge is 0.507 e. The van der Waals surface area contributed by atoms with Gasteiger partial charge in [0.1, 0.15) is 16.7 Å². The van der Waals surface area contributed by atoms with Crippen LogP contribution in [0, 0.1) is 0 Å². The van der Waals surface area contributed by atoms with E-state index in [4.69, 9.17) is 16.3 Å². The number of benzene rings is 1. The van der Waals surface area contributed by atoms with Crippen molar-refractivity contribution in [2.24, 2.45) is 0 Å². The van der Waals surface area contributed by atoms with E-state index < -0.39 is 0 Å². The van der Waals surface area contributed by atoms with Crippen LogP contribution in [0.5, 0.6) is 11.5 Å². The first-order valence-electron chi connectivity index (χ1n) is 5.40. The number of aromatic hydroxyl groups is 1. The van der Waals surface area contributed by atoms with E-state index in [1.807, 2.05) is 12.1 Å². The van der Waals surface area contributed by atoms with Gasteiger partial charge >= 0.3 is 0 Å². The van der Waals surface area contributed by atoms with E-state index >= 15 is 0 Å². The zero-order valence-electron chi connectivity index (χ0n) is 9.85. The molecule has 0 aliphatic heterocycles. The molecule has 0 spiro atoms. The Morgan fingerprint density at radius 3 is 2.78 bits per heavy atom. The zero-order valence-corrected chi connectivity index (χ0v) is 10.6. The Morgan fingerprint density at radius 2 is 2.17 bits per heavy atom. The minimum absolute atomic E-state index is 0.198. The van der Waals surface area contributed by atoms with Gasteiger partial charge in [0, 0.05) is 18.2 Å². The molecule has 0 unspecified atom stereocenters. The summed E-state index contributed by atoms with van der Waals surface area (Å²) in [6.45, 7) is 0.499. The molecule has 1 heterocycles. The first-order chi connectivity index (χ1) is 8.69. The monoisotopic (exact) mass is 264 g/mol. The summed E-state index contributed by atoms with van der Waals surface area (Å²) in [5.41, 5.74) is 1.63. The van der Waals surface area contributed by atoms with Gasteiger partial charge in [-0.3, -0.25) is 0 Å². The molecule has 94 valence electrons. The van der Waals surface area contributed by atoms with Crippen molar-refractivity contribution in [3.63, 3.8) is 0 Å². The summed E-state index contributed by atoms with van der Waals surface area (Å²) in [6, 6.07) is 8.73. The van der Waals surface area contributed by atoms with Crippen LogP contribution in [0.1, 0.15) is 5.56 Å². The first-order valence-corrected chi connectivity index (χ1v) is 5.78. The predicted molar refractivity (Wildman–Crippen MR) is 71.2 cm³/mol. The van der Waals surface area contributed by atoms with Gasteiger partial charge in [0.05, 0.1) is 19.0 Å². The minimum atomic E-state index is 0.198. The van der Waals surface area contributed by atoms with Gasteiger partial charge in [-0.15, -0.1) is 0 Å². The van der Waals surface area contributed by atoms with Gasteiger partial charge in [0.15, 0.2) is 0 Å². The molecule has 0 aliphatic carbocycles. The topological polar surface area (TPSA) is 54.4 Å². The number of phenols is 1. The van der Waals surface area contributed by atoms with Gasteiger partial charge in [0.25, 0.3) is 0 Å². The molecule has 0 saturated heterocycles. The molecule has 4 nitrogen and oxygen atoms in total. The zero-order chi connectivity index (χ0) is 13.0. The number of aromatic nitrogens is 1. The number of methoxy groups -OCH3 is 1. The van der Waals surface area contributed by atoms with Crippen molar-refractivity contribution >= 4 is 17.3 Å². The van der Waals surface area contributed by atoms with Crippen LogP contribution in [0.15, 0.2) is 36.5 Å². The molecule has 2 rings (SSSR count). The van der Waals surface area contributed by atoms with Crippen molar-refractivity contribution in [2.75, 3.05) is 12.4 Å². The molecule has 0 radical (unpaired) electrons. The Kier molecular flexibility index (Phi) is 3.89. The fourth-order valence-electron chi connectivity index (χ4n) is 1.50. The normalized spacial score (nSPS) is 10.1. The van der Waals surface area contributed by atoms with Crippen molar-refractivity contribution in [3.05, 3.63) is 47.2 Å². The van der Waals surface area contributed by atoms with E-state index in [-0.39, 0.29) is 5.75 Å². The van der Waals surface area contributed by atoms with Crippen LogP contribution in [0.2, 0.25) is 5.15 Å². The lowest BCUT2D eigenvalue weighted by Crippen LogP contribution is -2.00. The Morgan fingerprint density at radius 1 is 1.33 bits per heavy atom. The van der Waals surface area contributed by atoms with E-state index in [2.05, 4.69) is 10.3 Å². The molecule has 0 fully saturated rings. The first kappa shape index (κ1) is 12.5. The molecule has 0 atom stereocenters. The second kappa shape index (κ2) is 5.60. The Bertz CT molecular complexity index is 529. The van der Waals surface area contributed by atoms with Crippen LogP contribution >= 0.6 is 11.6 Å². The number of ether oxygens (including phenoxy) is 1. The molecule has 0 saturated carbocycles. The standard InChI is InChI=1S/C13H13ClN2O2/c1-18-11-4-2-9(12(17)6-11)7-15-10-3-5-13(14)16-8-10/h2-6,8,15,17H,7H2,1H3. The van der Waals surface area contributed by atoms with E-state index in [0.717, 1.165) is 11.3 Å². The summed E-state index contributed by atoms with van der Waals surface area (Å²) in [7, 11) is 1.56. The Hall–Kier alpha value is -1.94. The number of hydrogen-bond acceptors (Lipinski definition) is 4. The molecule has 1 aromatic heterocycles. The molecular formula is C13H13ClN2O2. The second-order valence-electron chi connectivity index (χ2n) is 3.72. The van der Waals surface area contributed by atoms with Crippen LogP contribution in [0.25, 0.3) is 0 Å². The highest BCUT2D eigenvalue weighted by Gasteiger charge is 2.03. The number of nitrogens with zero attached hydrogens (tertiary/aromatic N) is 1. The molecule has 5 heteroatoms. The van der Waals surface area contributed by atoms with Gasteiger partial charge in [-0.2, -0.15) is 0 Å². The summed E-state index contributed by atoms with van der Waals surface area (Å²) < 4.78 is 5.02. The lowest BCUT2D eigenvalue weighted by Gasteiger charge is -2.09. The third kappa shape index (κ3) is 3.05. The third-order valence-electron chi connectivity index (χ3n) is 2.50.